The maximum Gasteiger partial charge on any atom is 0.161 e. The van der Waals surface area contributed by atoms with Crippen LogP contribution in [0.3, 0.4) is 0 Å². The molecule has 1 aliphatic carbocycles. The maximum atomic E-state index is 5.21. The van der Waals surface area contributed by atoms with Crippen LogP contribution in [-0.2, 0) is 0 Å². The Balaban J connectivity index is 1.27. The highest BCUT2D eigenvalue weighted by molar-refractivity contribution is 6.14. The first-order chi connectivity index (χ1) is 20.3. The van der Waals surface area contributed by atoms with E-state index in [2.05, 4.69) is 144 Å². The van der Waals surface area contributed by atoms with Gasteiger partial charge < -0.3 is 4.57 Å². The molecule has 1 aliphatic rings. The van der Waals surface area contributed by atoms with Gasteiger partial charge >= 0.3 is 0 Å². The molecule has 0 N–H and O–H groups in total. The zero-order valence-corrected chi connectivity index (χ0v) is 22.1. The van der Waals surface area contributed by atoms with Gasteiger partial charge in [-0.05, 0) is 58.7 Å². The van der Waals surface area contributed by atoms with E-state index >= 15 is 0 Å². The van der Waals surface area contributed by atoms with Crippen LogP contribution in [-0.4, -0.2) is 14.5 Å². The van der Waals surface area contributed by atoms with E-state index in [4.69, 9.17) is 9.97 Å². The van der Waals surface area contributed by atoms with Gasteiger partial charge in [-0.15, -0.1) is 0 Å². The lowest BCUT2D eigenvalue weighted by Gasteiger charge is -2.12. The third kappa shape index (κ3) is 3.20. The van der Waals surface area contributed by atoms with Crippen LogP contribution in [0.4, 0.5) is 0 Å². The van der Waals surface area contributed by atoms with Crippen LogP contribution >= 0.6 is 0 Å². The van der Waals surface area contributed by atoms with Crippen molar-refractivity contribution >= 4 is 32.7 Å². The topological polar surface area (TPSA) is 30.7 Å². The second kappa shape index (κ2) is 8.48. The zero-order chi connectivity index (χ0) is 26.9. The molecule has 2 aromatic heterocycles. The predicted octanol–water partition coefficient (Wildman–Crippen LogP) is 9.71. The highest BCUT2D eigenvalue weighted by atomic mass is 15.0. The van der Waals surface area contributed by atoms with Crippen molar-refractivity contribution in [3.8, 4) is 50.6 Å². The van der Waals surface area contributed by atoms with E-state index in [1.165, 1.54) is 38.5 Å². The number of fused-ring (bicyclic) bond motifs is 6. The second-order valence-electron chi connectivity index (χ2n) is 10.6. The molecule has 0 radical (unpaired) electrons. The first-order valence-electron chi connectivity index (χ1n) is 13.9. The van der Waals surface area contributed by atoms with Crippen LogP contribution in [0.1, 0.15) is 0 Å². The van der Waals surface area contributed by atoms with Gasteiger partial charge in [0.05, 0.1) is 22.2 Å². The standard InChI is InChI=1S/C38H23N3/c1-2-11-25(12-3-1)41-34-20-9-8-15-28(34)32-23-24(21-22-35(32)41)26-13-4-7-17-31(26)38-39-33-19-10-18-29-27-14-5-6-16-30(27)37(40-38)36(29)33/h1-23H. The van der Waals surface area contributed by atoms with Gasteiger partial charge in [0, 0.05) is 33.0 Å². The van der Waals surface area contributed by atoms with Gasteiger partial charge in [-0.2, -0.15) is 0 Å². The summed E-state index contributed by atoms with van der Waals surface area (Å²) in [4.78, 5) is 10.3. The zero-order valence-electron chi connectivity index (χ0n) is 22.1. The van der Waals surface area contributed by atoms with E-state index in [0.717, 1.165) is 44.8 Å². The van der Waals surface area contributed by atoms with Crippen LogP contribution in [0.2, 0.25) is 0 Å². The summed E-state index contributed by atoms with van der Waals surface area (Å²) in [7, 11) is 0. The Kier molecular flexibility index (Phi) is 4.61. The monoisotopic (exact) mass is 521 g/mol. The molecule has 0 amide bonds. The molecule has 2 heterocycles. The molecule has 0 atom stereocenters. The minimum Gasteiger partial charge on any atom is -0.309 e. The molecule has 6 aromatic carbocycles. The lowest BCUT2D eigenvalue weighted by atomic mass is 9.97. The number of benzene rings is 6. The lowest BCUT2D eigenvalue weighted by molar-refractivity contribution is 1.18. The molecule has 0 aliphatic heterocycles. The molecule has 0 bridgehead atoms. The van der Waals surface area contributed by atoms with Crippen LogP contribution in [0.5, 0.6) is 0 Å². The summed E-state index contributed by atoms with van der Waals surface area (Å²) >= 11 is 0. The van der Waals surface area contributed by atoms with Gasteiger partial charge in [0.15, 0.2) is 5.82 Å². The fourth-order valence-electron chi connectivity index (χ4n) is 6.57. The fraction of sp³-hybridized carbons (Fsp3) is 0. The normalized spacial score (nSPS) is 11.9. The summed E-state index contributed by atoms with van der Waals surface area (Å²) in [5.74, 6) is 0.753. The number of rotatable bonds is 3. The molecule has 0 unspecified atom stereocenters. The third-order valence-electron chi connectivity index (χ3n) is 8.36. The van der Waals surface area contributed by atoms with Gasteiger partial charge in [0.25, 0.3) is 0 Å². The van der Waals surface area contributed by atoms with Crippen molar-refractivity contribution in [2.45, 2.75) is 0 Å². The van der Waals surface area contributed by atoms with Gasteiger partial charge in [0.1, 0.15) is 0 Å². The third-order valence-corrected chi connectivity index (χ3v) is 8.36. The predicted molar refractivity (Wildman–Crippen MR) is 169 cm³/mol. The lowest BCUT2D eigenvalue weighted by Crippen LogP contribution is -1.95. The molecule has 0 spiro atoms. The van der Waals surface area contributed by atoms with Gasteiger partial charge in [-0.1, -0.05) is 103 Å². The van der Waals surface area contributed by atoms with Crippen molar-refractivity contribution in [1.82, 2.24) is 14.5 Å². The molecular formula is C38H23N3. The average molecular weight is 522 g/mol. The van der Waals surface area contributed by atoms with Crippen molar-refractivity contribution < 1.29 is 0 Å². The summed E-state index contributed by atoms with van der Waals surface area (Å²) in [5, 5.41) is 3.61. The molecule has 0 saturated carbocycles. The quantitative estimate of drug-likeness (QED) is 0.232. The van der Waals surface area contributed by atoms with E-state index in [1.54, 1.807) is 0 Å². The molecule has 41 heavy (non-hydrogen) atoms. The summed E-state index contributed by atoms with van der Waals surface area (Å²) in [5.41, 5.74) is 12.5. The molecule has 190 valence electrons. The van der Waals surface area contributed by atoms with Crippen LogP contribution in [0, 0.1) is 0 Å². The minimum atomic E-state index is 0.753. The second-order valence-corrected chi connectivity index (χ2v) is 10.6. The number of para-hydroxylation sites is 2. The van der Waals surface area contributed by atoms with Crippen LogP contribution in [0.25, 0.3) is 83.3 Å². The van der Waals surface area contributed by atoms with Crippen LogP contribution in [0.15, 0.2) is 140 Å². The maximum absolute atomic E-state index is 5.21. The summed E-state index contributed by atoms with van der Waals surface area (Å²) < 4.78 is 2.35. The Morgan fingerprint density at radius 3 is 2.00 bits per heavy atom. The molecule has 0 saturated heterocycles. The van der Waals surface area contributed by atoms with E-state index in [-0.39, 0.29) is 0 Å². The van der Waals surface area contributed by atoms with E-state index < -0.39 is 0 Å². The largest absolute Gasteiger partial charge is 0.309 e. The Labute approximate surface area is 237 Å². The van der Waals surface area contributed by atoms with Crippen LogP contribution < -0.4 is 0 Å². The molecular weight excluding hydrogens is 498 g/mol. The number of nitrogens with zero attached hydrogens (tertiary/aromatic N) is 3. The van der Waals surface area contributed by atoms with Crippen molar-refractivity contribution in [2.75, 3.05) is 0 Å². The van der Waals surface area contributed by atoms with Gasteiger partial charge in [-0.25, -0.2) is 9.97 Å². The molecule has 3 heteroatoms. The first kappa shape index (κ1) is 22.3. The first-order valence-corrected chi connectivity index (χ1v) is 13.9. The Bertz CT molecular complexity index is 2310. The summed E-state index contributed by atoms with van der Waals surface area (Å²) in [6, 6.07) is 49.5. The molecule has 3 nitrogen and oxygen atoms in total. The number of aromatic nitrogens is 3. The molecule has 0 fully saturated rings. The minimum absolute atomic E-state index is 0.753. The van der Waals surface area contributed by atoms with Gasteiger partial charge in [-0.3, -0.25) is 0 Å². The summed E-state index contributed by atoms with van der Waals surface area (Å²) in [6.07, 6.45) is 0. The SMILES string of the molecule is c1ccc(-n2c3ccccc3c3cc(-c4ccccc4-c4nc5c6c(cccc6n4)-c4ccccc4-5)ccc32)cc1. The molecule has 9 rings (SSSR count). The van der Waals surface area contributed by atoms with E-state index in [9.17, 15) is 0 Å². The van der Waals surface area contributed by atoms with Crippen molar-refractivity contribution in [1.29, 1.82) is 0 Å². The smallest absolute Gasteiger partial charge is 0.161 e. The van der Waals surface area contributed by atoms with E-state index in [0.29, 0.717) is 0 Å². The fourth-order valence-corrected chi connectivity index (χ4v) is 6.57. The highest BCUT2D eigenvalue weighted by Gasteiger charge is 2.24. The van der Waals surface area contributed by atoms with Crippen molar-refractivity contribution in [3.05, 3.63) is 140 Å². The highest BCUT2D eigenvalue weighted by Crippen LogP contribution is 2.46. The summed E-state index contributed by atoms with van der Waals surface area (Å²) in [6.45, 7) is 0. The Hall–Kier alpha value is -5.54. The van der Waals surface area contributed by atoms with Gasteiger partial charge in [0.2, 0.25) is 0 Å². The van der Waals surface area contributed by atoms with Crippen molar-refractivity contribution in [2.24, 2.45) is 0 Å². The van der Waals surface area contributed by atoms with E-state index in [1.807, 2.05) is 0 Å². The molecule has 8 aromatic rings. The number of hydrogen-bond donors (Lipinski definition) is 0. The Morgan fingerprint density at radius 1 is 0.439 bits per heavy atom. The average Bonchev–Trinajstić information content (AvgIpc) is 3.55. The Morgan fingerprint density at radius 2 is 1.12 bits per heavy atom. The number of hydrogen-bond acceptors (Lipinski definition) is 2. The van der Waals surface area contributed by atoms with Crippen molar-refractivity contribution in [3.63, 3.8) is 0 Å².